The largest absolute Gasteiger partial charge is 0.550 e. The first-order chi connectivity index (χ1) is 8.61. The van der Waals surface area contributed by atoms with E-state index in [0.717, 1.165) is 0 Å². The standard InChI is InChI=1S/C13H11NO4/c15-11(16)5-6-14-7-10-12(17)8-3-1-2-4-9(8)13(10)18/h1-4,7,17H,5-6H2,(H,15,16)/p-1. The summed E-state index contributed by atoms with van der Waals surface area (Å²) in [7, 11) is 0. The van der Waals surface area contributed by atoms with Crippen LogP contribution < -0.4 is 5.11 Å². The number of carbonyl (C=O) groups is 2. The van der Waals surface area contributed by atoms with Crippen molar-refractivity contribution in [3.8, 4) is 0 Å². The smallest absolute Gasteiger partial charge is 0.199 e. The van der Waals surface area contributed by atoms with Crippen LogP contribution >= 0.6 is 0 Å². The molecule has 0 amide bonds. The van der Waals surface area contributed by atoms with Crippen LogP contribution in [0.25, 0.3) is 5.76 Å². The second kappa shape index (κ2) is 4.83. The van der Waals surface area contributed by atoms with Crippen molar-refractivity contribution in [1.29, 1.82) is 0 Å². The molecule has 0 bridgehead atoms. The van der Waals surface area contributed by atoms with E-state index in [1.165, 1.54) is 6.21 Å². The predicted molar refractivity (Wildman–Crippen MR) is 63.3 cm³/mol. The quantitative estimate of drug-likeness (QED) is 0.774. The molecule has 0 aromatic heterocycles. The second-order valence-electron chi connectivity index (χ2n) is 3.79. The molecule has 0 spiro atoms. The number of carbonyl (C=O) groups excluding carboxylic acids is 2. The fourth-order valence-electron chi connectivity index (χ4n) is 1.72. The van der Waals surface area contributed by atoms with Crippen LogP contribution in [0, 0.1) is 0 Å². The third-order valence-corrected chi connectivity index (χ3v) is 2.59. The highest BCUT2D eigenvalue weighted by atomic mass is 16.4. The highest BCUT2D eigenvalue weighted by Crippen LogP contribution is 2.29. The topological polar surface area (TPSA) is 89.8 Å². The third-order valence-electron chi connectivity index (χ3n) is 2.59. The van der Waals surface area contributed by atoms with Crippen LogP contribution in [0.3, 0.4) is 0 Å². The van der Waals surface area contributed by atoms with E-state index in [2.05, 4.69) is 4.99 Å². The number of hydrogen-bond donors (Lipinski definition) is 1. The van der Waals surface area contributed by atoms with Gasteiger partial charge in [-0.25, -0.2) is 0 Å². The monoisotopic (exact) mass is 244 g/mol. The number of ketones is 1. The molecule has 0 aliphatic heterocycles. The van der Waals surface area contributed by atoms with Gasteiger partial charge in [-0.05, 0) is 0 Å². The maximum absolute atomic E-state index is 11.9. The van der Waals surface area contributed by atoms with E-state index >= 15 is 0 Å². The molecule has 0 atom stereocenters. The van der Waals surface area contributed by atoms with Crippen LogP contribution in [-0.2, 0) is 4.79 Å². The Morgan fingerprint density at radius 2 is 2.00 bits per heavy atom. The van der Waals surface area contributed by atoms with Crippen molar-refractivity contribution in [2.75, 3.05) is 6.54 Å². The first-order valence-corrected chi connectivity index (χ1v) is 5.38. The van der Waals surface area contributed by atoms with Gasteiger partial charge in [-0.15, -0.1) is 0 Å². The van der Waals surface area contributed by atoms with E-state index in [1.807, 2.05) is 0 Å². The highest BCUT2D eigenvalue weighted by molar-refractivity contribution is 6.30. The number of allylic oxidation sites excluding steroid dienone is 1. The molecule has 1 aliphatic carbocycles. The third kappa shape index (κ3) is 2.15. The number of aliphatic hydroxyl groups excluding tert-OH is 1. The average Bonchev–Trinajstić information content (AvgIpc) is 2.59. The molecule has 0 saturated carbocycles. The van der Waals surface area contributed by atoms with Crippen LogP contribution in [0.5, 0.6) is 0 Å². The minimum absolute atomic E-state index is 0.0166. The van der Waals surface area contributed by atoms with Crippen LogP contribution in [0.4, 0.5) is 0 Å². The summed E-state index contributed by atoms with van der Waals surface area (Å²) < 4.78 is 0. The van der Waals surface area contributed by atoms with Crippen LogP contribution in [0.15, 0.2) is 34.8 Å². The molecular weight excluding hydrogens is 234 g/mol. The molecule has 5 nitrogen and oxygen atoms in total. The number of Topliss-reactive ketones (excluding diaryl/α,β-unsaturated/α-hetero) is 1. The minimum atomic E-state index is -1.20. The van der Waals surface area contributed by atoms with Gasteiger partial charge >= 0.3 is 0 Å². The second-order valence-corrected chi connectivity index (χ2v) is 3.79. The first kappa shape index (κ1) is 12.0. The van der Waals surface area contributed by atoms with Gasteiger partial charge in [-0.2, -0.15) is 0 Å². The molecule has 2 rings (SSSR count). The normalized spacial score (nSPS) is 14.3. The SMILES string of the molecule is O=C([O-])CCN=CC1=C(O)c2ccccc2C1=O. The molecule has 1 aliphatic rings. The van der Waals surface area contributed by atoms with Gasteiger partial charge in [0.2, 0.25) is 0 Å². The lowest BCUT2D eigenvalue weighted by molar-refractivity contribution is -0.305. The molecule has 18 heavy (non-hydrogen) atoms. The van der Waals surface area contributed by atoms with Crippen molar-refractivity contribution in [3.63, 3.8) is 0 Å². The van der Waals surface area contributed by atoms with E-state index in [1.54, 1.807) is 24.3 Å². The Morgan fingerprint density at radius 3 is 2.61 bits per heavy atom. The minimum Gasteiger partial charge on any atom is -0.550 e. The fourth-order valence-corrected chi connectivity index (χ4v) is 1.72. The van der Waals surface area contributed by atoms with E-state index in [9.17, 15) is 19.8 Å². The molecule has 0 heterocycles. The Labute approximate surface area is 103 Å². The summed E-state index contributed by atoms with van der Waals surface area (Å²) in [5.41, 5.74) is 0.995. The zero-order chi connectivity index (χ0) is 13.1. The van der Waals surface area contributed by atoms with E-state index in [-0.39, 0.29) is 30.1 Å². The van der Waals surface area contributed by atoms with Crippen LogP contribution in [-0.4, -0.2) is 29.6 Å². The summed E-state index contributed by atoms with van der Waals surface area (Å²) in [6.45, 7) is 0.0166. The summed E-state index contributed by atoms with van der Waals surface area (Å²) in [6.07, 6.45) is 0.992. The number of aliphatic carboxylic acids is 1. The van der Waals surface area contributed by atoms with Crippen LogP contribution in [0.1, 0.15) is 22.3 Å². The average molecular weight is 244 g/mol. The van der Waals surface area contributed by atoms with Gasteiger partial charge in [0.05, 0.1) is 5.57 Å². The molecule has 0 fully saturated rings. The fraction of sp³-hybridized carbons (Fsp3) is 0.154. The van der Waals surface area contributed by atoms with Crippen molar-refractivity contribution >= 4 is 23.7 Å². The van der Waals surface area contributed by atoms with E-state index in [0.29, 0.717) is 11.1 Å². The Bertz CT molecular complexity index is 572. The summed E-state index contributed by atoms with van der Waals surface area (Å²) in [5, 5.41) is 20.0. The summed E-state index contributed by atoms with van der Waals surface area (Å²) in [6, 6.07) is 6.69. The number of aliphatic hydroxyl groups is 1. The maximum Gasteiger partial charge on any atom is 0.199 e. The molecular formula is C13H10NO4-. The predicted octanol–water partition coefficient (Wildman–Crippen LogP) is 0.363. The molecule has 0 saturated heterocycles. The number of aliphatic imine (C=N–C) groups is 1. The van der Waals surface area contributed by atoms with Crippen molar-refractivity contribution in [1.82, 2.24) is 0 Å². The number of carboxylic acid groups (broad SMARTS) is 1. The summed E-state index contributed by atoms with van der Waals surface area (Å²) in [5.74, 6) is -1.63. The Kier molecular flexibility index (Phi) is 3.23. The molecule has 1 aromatic carbocycles. The van der Waals surface area contributed by atoms with Gasteiger partial charge in [0.1, 0.15) is 5.76 Å². The first-order valence-electron chi connectivity index (χ1n) is 5.38. The molecule has 1 aromatic rings. The zero-order valence-corrected chi connectivity index (χ0v) is 9.42. The number of nitrogens with zero attached hydrogens (tertiary/aromatic N) is 1. The number of rotatable bonds is 4. The lowest BCUT2D eigenvalue weighted by Crippen LogP contribution is -2.22. The number of hydrogen-bond acceptors (Lipinski definition) is 5. The number of carboxylic acids is 1. The Morgan fingerprint density at radius 1 is 1.33 bits per heavy atom. The van der Waals surface area contributed by atoms with Gasteiger partial charge in [0, 0.05) is 36.3 Å². The van der Waals surface area contributed by atoms with Gasteiger partial charge in [-0.3, -0.25) is 9.79 Å². The van der Waals surface area contributed by atoms with Gasteiger partial charge in [0.15, 0.2) is 5.78 Å². The zero-order valence-electron chi connectivity index (χ0n) is 9.42. The van der Waals surface area contributed by atoms with Gasteiger partial charge < -0.3 is 15.0 Å². The number of benzene rings is 1. The Hall–Kier alpha value is -2.43. The lowest BCUT2D eigenvalue weighted by atomic mass is 10.1. The lowest BCUT2D eigenvalue weighted by Gasteiger charge is -1.97. The van der Waals surface area contributed by atoms with E-state index < -0.39 is 5.97 Å². The molecule has 0 radical (unpaired) electrons. The van der Waals surface area contributed by atoms with Crippen molar-refractivity contribution in [3.05, 3.63) is 41.0 Å². The van der Waals surface area contributed by atoms with Crippen molar-refractivity contribution in [2.24, 2.45) is 4.99 Å². The van der Waals surface area contributed by atoms with Crippen LogP contribution in [0.2, 0.25) is 0 Å². The van der Waals surface area contributed by atoms with Crippen molar-refractivity contribution < 1.29 is 19.8 Å². The van der Waals surface area contributed by atoms with E-state index in [4.69, 9.17) is 0 Å². The molecule has 1 N–H and O–H groups in total. The highest BCUT2D eigenvalue weighted by Gasteiger charge is 2.27. The Balaban J connectivity index is 2.19. The molecule has 5 heteroatoms. The van der Waals surface area contributed by atoms with Gasteiger partial charge in [0.25, 0.3) is 0 Å². The van der Waals surface area contributed by atoms with Gasteiger partial charge in [-0.1, -0.05) is 24.3 Å². The summed E-state index contributed by atoms with van der Waals surface area (Å²) in [4.78, 5) is 25.9. The summed E-state index contributed by atoms with van der Waals surface area (Å²) >= 11 is 0. The maximum atomic E-state index is 11.9. The van der Waals surface area contributed by atoms with Crippen molar-refractivity contribution in [2.45, 2.75) is 6.42 Å². The number of fused-ring (bicyclic) bond motifs is 1. The molecule has 0 unspecified atom stereocenters. The molecule has 92 valence electrons.